The molecule has 2 N–H and O–H groups in total. The van der Waals surface area contributed by atoms with Crippen molar-refractivity contribution in [1.29, 1.82) is 0 Å². The summed E-state index contributed by atoms with van der Waals surface area (Å²) in [7, 11) is -2.96. The molecule has 0 spiro atoms. The Morgan fingerprint density at radius 2 is 2.00 bits per heavy atom. The van der Waals surface area contributed by atoms with Gasteiger partial charge in [0.15, 0.2) is 9.84 Å². The van der Waals surface area contributed by atoms with Gasteiger partial charge in [0.05, 0.1) is 11.5 Å². The van der Waals surface area contributed by atoms with Gasteiger partial charge in [0.25, 0.3) is 0 Å². The van der Waals surface area contributed by atoms with Crippen LogP contribution in [0.1, 0.15) is 20.8 Å². The molecule has 5 heteroatoms. The summed E-state index contributed by atoms with van der Waals surface area (Å²) in [6.07, 6.45) is 0. The van der Waals surface area contributed by atoms with Gasteiger partial charge in [-0.15, -0.1) is 0 Å². The van der Waals surface area contributed by atoms with E-state index in [0.29, 0.717) is 19.1 Å². The first-order valence-electron chi connectivity index (χ1n) is 4.95. The van der Waals surface area contributed by atoms with Gasteiger partial charge < -0.3 is 5.73 Å². The Kier molecular flexibility index (Phi) is 3.23. The molecule has 1 aliphatic heterocycles. The maximum atomic E-state index is 11.5. The van der Waals surface area contributed by atoms with Gasteiger partial charge in [-0.25, -0.2) is 8.42 Å². The first kappa shape index (κ1) is 11.9. The standard InChI is InChI=1S/C9H20N2O2S/c1-8(2)11-4-5-14(12,13)7-9(3,10)6-11/h8H,4-7,10H2,1-3H3. The average molecular weight is 220 g/mol. The Labute approximate surface area is 86.4 Å². The first-order valence-corrected chi connectivity index (χ1v) is 6.77. The van der Waals surface area contributed by atoms with Crippen molar-refractivity contribution in [1.82, 2.24) is 4.90 Å². The number of nitrogens with zero attached hydrogens (tertiary/aromatic N) is 1. The summed E-state index contributed by atoms with van der Waals surface area (Å²) in [5.74, 6) is 0.335. The smallest absolute Gasteiger partial charge is 0.153 e. The molecule has 0 aromatic carbocycles. The molecule has 1 saturated heterocycles. The predicted octanol–water partition coefficient (Wildman–Crippen LogP) is -0.157. The Morgan fingerprint density at radius 3 is 2.50 bits per heavy atom. The van der Waals surface area contributed by atoms with Gasteiger partial charge in [0, 0.05) is 24.7 Å². The first-order chi connectivity index (χ1) is 6.22. The minimum Gasteiger partial charge on any atom is -0.323 e. The van der Waals surface area contributed by atoms with E-state index in [1.165, 1.54) is 0 Å². The van der Waals surface area contributed by atoms with E-state index in [4.69, 9.17) is 5.73 Å². The van der Waals surface area contributed by atoms with Crippen LogP contribution in [0, 0.1) is 0 Å². The van der Waals surface area contributed by atoms with Crippen LogP contribution in [0.15, 0.2) is 0 Å². The van der Waals surface area contributed by atoms with Crippen LogP contribution in [0.2, 0.25) is 0 Å². The maximum Gasteiger partial charge on any atom is 0.153 e. The van der Waals surface area contributed by atoms with Gasteiger partial charge in [-0.3, -0.25) is 4.90 Å². The van der Waals surface area contributed by atoms with Crippen molar-refractivity contribution < 1.29 is 8.42 Å². The fourth-order valence-electron chi connectivity index (χ4n) is 1.86. The lowest BCUT2D eigenvalue weighted by atomic mass is 10.1. The van der Waals surface area contributed by atoms with Crippen LogP contribution in [0.25, 0.3) is 0 Å². The lowest BCUT2D eigenvalue weighted by molar-refractivity contribution is 0.200. The van der Waals surface area contributed by atoms with Crippen LogP contribution < -0.4 is 5.73 Å². The highest BCUT2D eigenvalue weighted by Crippen LogP contribution is 2.14. The quantitative estimate of drug-likeness (QED) is 0.667. The summed E-state index contributed by atoms with van der Waals surface area (Å²) >= 11 is 0. The van der Waals surface area contributed by atoms with Crippen molar-refractivity contribution in [2.24, 2.45) is 5.73 Å². The highest BCUT2D eigenvalue weighted by molar-refractivity contribution is 7.91. The largest absolute Gasteiger partial charge is 0.323 e. The zero-order chi connectivity index (χ0) is 11.0. The second-order valence-electron chi connectivity index (χ2n) is 4.81. The number of hydrogen-bond donors (Lipinski definition) is 1. The molecule has 0 aromatic heterocycles. The van der Waals surface area contributed by atoms with Crippen molar-refractivity contribution >= 4 is 9.84 Å². The summed E-state index contributed by atoms with van der Waals surface area (Å²) in [5, 5.41) is 0. The summed E-state index contributed by atoms with van der Waals surface area (Å²) in [4.78, 5) is 2.13. The SMILES string of the molecule is CC(C)N1CCS(=O)(=O)CC(C)(N)C1. The van der Waals surface area contributed by atoms with E-state index < -0.39 is 15.4 Å². The van der Waals surface area contributed by atoms with Crippen molar-refractivity contribution in [3.05, 3.63) is 0 Å². The monoisotopic (exact) mass is 220 g/mol. The molecule has 1 fully saturated rings. The Bertz CT molecular complexity index is 296. The van der Waals surface area contributed by atoms with Gasteiger partial charge in [-0.05, 0) is 20.8 Å². The van der Waals surface area contributed by atoms with Crippen LogP contribution in [-0.2, 0) is 9.84 Å². The Morgan fingerprint density at radius 1 is 1.43 bits per heavy atom. The van der Waals surface area contributed by atoms with Gasteiger partial charge in [-0.2, -0.15) is 0 Å². The zero-order valence-corrected chi connectivity index (χ0v) is 9.97. The predicted molar refractivity (Wildman–Crippen MR) is 58.0 cm³/mol. The fraction of sp³-hybridized carbons (Fsp3) is 1.00. The molecule has 1 rings (SSSR count). The third-order valence-corrected chi connectivity index (χ3v) is 4.44. The van der Waals surface area contributed by atoms with Crippen LogP contribution in [0.3, 0.4) is 0 Å². The molecule has 0 bridgehead atoms. The van der Waals surface area contributed by atoms with Crippen LogP contribution in [0.5, 0.6) is 0 Å². The lowest BCUT2D eigenvalue weighted by Crippen LogP contribution is -2.51. The van der Waals surface area contributed by atoms with Gasteiger partial charge in [0.2, 0.25) is 0 Å². The van der Waals surface area contributed by atoms with E-state index in [1.807, 2.05) is 6.92 Å². The molecule has 0 saturated carbocycles. The van der Waals surface area contributed by atoms with Gasteiger partial charge in [0.1, 0.15) is 0 Å². The van der Waals surface area contributed by atoms with Crippen molar-refractivity contribution in [2.45, 2.75) is 32.4 Å². The minimum atomic E-state index is -2.96. The molecule has 0 radical (unpaired) electrons. The van der Waals surface area contributed by atoms with E-state index >= 15 is 0 Å². The molecule has 0 amide bonds. The average Bonchev–Trinajstić information content (AvgIpc) is 2.04. The lowest BCUT2D eigenvalue weighted by Gasteiger charge is -2.31. The molecule has 1 aliphatic rings. The maximum absolute atomic E-state index is 11.5. The van der Waals surface area contributed by atoms with Gasteiger partial charge >= 0.3 is 0 Å². The van der Waals surface area contributed by atoms with E-state index in [1.54, 1.807) is 0 Å². The molecule has 0 aromatic rings. The topological polar surface area (TPSA) is 63.4 Å². The van der Waals surface area contributed by atoms with Crippen molar-refractivity contribution in [3.63, 3.8) is 0 Å². The molecule has 4 nitrogen and oxygen atoms in total. The molecule has 84 valence electrons. The Hall–Kier alpha value is -0.130. The molecule has 1 atom stereocenters. The molecular formula is C9H20N2O2S. The fourth-order valence-corrected chi connectivity index (χ4v) is 3.61. The van der Waals surface area contributed by atoms with Crippen LogP contribution in [0.4, 0.5) is 0 Å². The number of rotatable bonds is 1. The zero-order valence-electron chi connectivity index (χ0n) is 9.16. The number of sulfone groups is 1. The van der Waals surface area contributed by atoms with E-state index in [0.717, 1.165) is 0 Å². The van der Waals surface area contributed by atoms with E-state index in [9.17, 15) is 8.42 Å². The highest BCUT2D eigenvalue weighted by atomic mass is 32.2. The van der Waals surface area contributed by atoms with Crippen LogP contribution >= 0.6 is 0 Å². The third-order valence-electron chi connectivity index (χ3n) is 2.53. The molecule has 1 unspecified atom stereocenters. The second kappa shape index (κ2) is 3.79. The number of nitrogens with two attached hydrogens (primary N) is 1. The van der Waals surface area contributed by atoms with E-state index in [2.05, 4.69) is 18.7 Å². The molecule has 1 heterocycles. The highest BCUT2D eigenvalue weighted by Gasteiger charge is 2.33. The second-order valence-corrected chi connectivity index (χ2v) is 6.99. The normalized spacial score (nSPS) is 34.4. The molecular weight excluding hydrogens is 200 g/mol. The summed E-state index contributed by atoms with van der Waals surface area (Å²) in [6, 6.07) is 0.353. The minimum absolute atomic E-state index is 0.100. The number of hydrogen-bond acceptors (Lipinski definition) is 4. The van der Waals surface area contributed by atoms with Gasteiger partial charge in [-0.1, -0.05) is 0 Å². The van der Waals surface area contributed by atoms with Crippen molar-refractivity contribution in [3.8, 4) is 0 Å². The van der Waals surface area contributed by atoms with E-state index in [-0.39, 0.29) is 11.5 Å². The van der Waals surface area contributed by atoms with Crippen molar-refractivity contribution in [2.75, 3.05) is 24.6 Å². The Balaban J connectivity index is 2.85. The molecule has 14 heavy (non-hydrogen) atoms. The van der Waals surface area contributed by atoms with Crippen LogP contribution in [-0.4, -0.2) is 49.5 Å². The summed E-state index contributed by atoms with van der Waals surface area (Å²) < 4.78 is 23.1. The summed E-state index contributed by atoms with van der Waals surface area (Å²) in [6.45, 7) is 7.20. The molecule has 0 aliphatic carbocycles. The third kappa shape index (κ3) is 3.22. The summed E-state index contributed by atoms with van der Waals surface area (Å²) in [5.41, 5.74) is 5.35.